The maximum atomic E-state index is 10.1. The molecule has 0 rings (SSSR count). The second-order valence-electron chi connectivity index (χ2n) is 2.69. The van der Waals surface area contributed by atoms with Crippen molar-refractivity contribution < 1.29 is 40.2 Å². The van der Waals surface area contributed by atoms with Crippen LogP contribution < -0.4 is 0 Å². The minimum absolute atomic E-state index is 0. The number of hydrogen-bond donors (Lipinski definition) is 6. The van der Waals surface area contributed by atoms with E-state index in [1.807, 2.05) is 0 Å². The predicted molar refractivity (Wildman–Crippen MR) is 44.6 cm³/mol. The molecule has 0 unspecified atom stereocenters. The zero-order valence-electron chi connectivity index (χ0n) is 7.62. The molecule has 0 aliphatic heterocycles. The Morgan fingerprint density at radius 3 is 1.67 bits per heavy atom. The van der Waals surface area contributed by atoms with Crippen LogP contribution in [0.25, 0.3) is 0 Å². The maximum Gasteiger partial charge on any atom is 0.370 e. The van der Waals surface area contributed by atoms with Gasteiger partial charge in [0.1, 0.15) is 0 Å². The molecular weight excluding hydrogens is 240 g/mol. The van der Waals surface area contributed by atoms with Crippen molar-refractivity contribution in [3.05, 3.63) is 0 Å². The van der Waals surface area contributed by atoms with Gasteiger partial charge in [0.25, 0.3) is 0 Å². The first-order chi connectivity index (χ1) is 6.11. The van der Waals surface area contributed by atoms with Crippen LogP contribution in [-0.4, -0.2) is 91.9 Å². The smallest absolute Gasteiger partial charge is 0.370 e. The van der Waals surface area contributed by atoms with E-state index < -0.39 is 36.4 Å². The molecule has 0 fully saturated rings. The summed E-state index contributed by atoms with van der Waals surface area (Å²) in [5, 5.41) is 51.5. The molecule has 0 bridgehead atoms. The third kappa shape index (κ3) is 4.60. The average Bonchev–Trinajstić information content (AvgIpc) is 2.00. The molecule has 0 atom stereocenters. The first-order valence-corrected chi connectivity index (χ1v) is 3.46. The van der Waals surface area contributed by atoms with Crippen molar-refractivity contribution >= 4 is 49.7 Å². The van der Waals surface area contributed by atoms with Crippen molar-refractivity contribution in [3.63, 3.8) is 0 Å². The van der Waals surface area contributed by atoms with Gasteiger partial charge in [0.15, 0.2) is 0 Å². The van der Waals surface area contributed by atoms with Crippen LogP contribution in [0.4, 0.5) is 0 Å². The summed E-state index contributed by atoms with van der Waals surface area (Å²) in [7, 11) is 0. The third-order valence-electron chi connectivity index (χ3n) is 1.54. The molecule has 0 amide bonds. The summed E-state index contributed by atoms with van der Waals surface area (Å²) in [5.41, 5.74) is 0. The molecule has 84 valence electrons. The van der Waals surface area contributed by atoms with E-state index >= 15 is 0 Å². The van der Waals surface area contributed by atoms with Gasteiger partial charge in [-0.25, -0.2) is 4.79 Å². The first kappa shape index (κ1) is 17.4. The largest absolute Gasteiger partial charge is 0.481 e. The molecule has 0 saturated heterocycles. The van der Waals surface area contributed by atoms with Crippen molar-refractivity contribution in [1.29, 1.82) is 0 Å². The standard InChI is InChI=1S/C6H10O8.Ca/c7-3(8)1-2-5(11,12)6(13,14)4(9)10;/h11-14H,1-2H2,(H,7,8)(H,9,10);. The first-order valence-electron chi connectivity index (χ1n) is 3.46. The Bertz CT molecular complexity index is 248. The molecule has 0 aliphatic carbocycles. The molecular formula is C6H10CaO8. The molecule has 15 heavy (non-hydrogen) atoms. The molecule has 0 aromatic carbocycles. The van der Waals surface area contributed by atoms with Gasteiger partial charge in [0, 0.05) is 44.2 Å². The Kier molecular flexibility index (Phi) is 6.91. The number of hydrogen-bond acceptors (Lipinski definition) is 6. The third-order valence-corrected chi connectivity index (χ3v) is 1.54. The number of aliphatic carboxylic acids is 2. The van der Waals surface area contributed by atoms with Gasteiger partial charge in [-0.15, -0.1) is 0 Å². The van der Waals surface area contributed by atoms with Crippen LogP contribution in [0.2, 0.25) is 0 Å². The van der Waals surface area contributed by atoms with Gasteiger partial charge in [-0.3, -0.25) is 4.79 Å². The van der Waals surface area contributed by atoms with Crippen molar-refractivity contribution in [2.45, 2.75) is 24.4 Å². The van der Waals surface area contributed by atoms with Crippen LogP contribution in [0.5, 0.6) is 0 Å². The second-order valence-corrected chi connectivity index (χ2v) is 2.69. The molecule has 0 aliphatic rings. The average molecular weight is 250 g/mol. The second kappa shape index (κ2) is 5.94. The van der Waals surface area contributed by atoms with Gasteiger partial charge in [-0.2, -0.15) is 0 Å². The fourth-order valence-electron chi connectivity index (χ4n) is 0.627. The Morgan fingerprint density at radius 2 is 1.40 bits per heavy atom. The van der Waals surface area contributed by atoms with Gasteiger partial charge in [-0.05, 0) is 0 Å². The van der Waals surface area contributed by atoms with Crippen LogP contribution in [0.1, 0.15) is 12.8 Å². The van der Waals surface area contributed by atoms with E-state index in [4.69, 9.17) is 30.6 Å². The van der Waals surface area contributed by atoms with Gasteiger partial charge < -0.3 is 30.6 Å². The van der Waals surface area contributed by atoms with E-state index in [-0.39, 0.29) is 37.7 Å². The van der Waals surface area contributed by atoms with Gasteiger partial charge in [0.05, 0.1) is 6.42 Å². The zero-order valence-corrected chi connectivity index (χ0v) is 9.83. The number of carbonyl (C=O) groups is 2. The molecule has 0 spiro atoms. The van der Waals surface area contributed by atoms with Crippen molar-refractivity contribution in [3.8, 4) is 0 Å². The van der Waals surface area contributed by atoms with E-state index in [1.165, 1.54) is 0 Å². The normalized spacial score (nSPS) is 11.7. The van der Waals surface area contributed by atoms with E-state index in [2.05, 4.69) is 0 Å². The van der Waals surface area contributed by atoms with E-state index in [9.17, 15) is 9.59 Å². The monoisotopic (exact) mass is 250 g/mol. The molecule has 2 radical (unpaired) electrons. The Balaban J connectivity index is 0. The number of carboxylic acid groups (broad SMARTS) is 2. The van der Waals surface area contributed by atoms with Crippen LogP contribution in [-0.2, 0) is 9.59 Å². The van der Waals surface area contributed by atoms with Gasteiger partial charge >= 0.3 is 17.7 Å². The van der Waals surface area contributed by atoms with Crippen LogP contribution in [0, 0.1) is 0 Å². The molecule has 0 aromatic rings. The number of carboxylic acids is 2. The summed E-state index contributed by atoms with van der Waals surface area (Å²) >= 11 is 0. The fourth-order valence-corrected chi connectivity index (χ4v) is 0.627. The topological polar surface area (TPSA) is 156 Å². The Hall–Kier alpha value is 0.0397. The summed E-state index contributed by atoms with van der Waals surface area (Å²) in [5.74, 6) is -10.9. The zero-order chi connectivity index (χ0) is 11.6. The molecule has 9 heteroatoms. The summed E-state index contributed by atoms with van der Waals surface area (Å²) < 4.78 is 0. The molecule has 0 aromatic heterocycles. The Morgan fingerprint density at radius 1 is 1.00 bits per heavy atom. The summed E-state index contributed by atoms with van der Waals surface area (Å²) in [4.78, 5) is 20.2. The minimum atomic E-state index is -3.80. The van der Waals surface area contributed by atoms with Crippen molar-refractivity contribution in [1.82, 2.24) is 0 Å². The quantitative estimate of drug-likeness (QED) is 0.221. The predicted octanol–water partition coefficient (Wildman–Crippen LogP) is -3.08. The number of aliphatic hydroxyl groups is 4. The maximum absolute atomic E-state index is 10.1. The van der Waals surface area contributed by atoms with Crippen molar-refractivity contribution in [2.75, 3.05) is 0 Å². The Labute approximate surface area is 114 Å². The van der Waals surface area contributed by atoms with Gasteiger partial charge in [0.2, 0.25) is 5.79 Å². The van der Waals surface area contributed by atoms with E-state index in [0.29, 0.717) is 0 Å². The van der Waals surface area contributed by atoms with Crippen LogP contribution in [0.3, 0.4) is 0 Å². The van der Waals surface area contributed by atoms with Crippen LogP contribution >= 0.6 is 0 Å². The van der Waals surface area contributed by atoms with Gasteiger partial charge in [-0.1, -0.05) is 0 Å². The number of rotatable bonds is 5. The fraction of sp³-hybridized carbons (Fsp3) is 0.667. The molecule has 0 saturated carbocycles. The summed E-state index contributed by atoms with van der Waals surface area (Å²) in [6.07, 6.45) is -1.84. The SMILES string of the molecule is O=C(O)CCC(O)(O)C(O)(O)C(=O)O.[Ca]. The molecule has 8 nitrogen and oxygen atoms in total. The minimum Gasteiger partial charge on any atom is -0.481 e. The van der Waals surface area contributed by atoms with Crippen LogP contribution in [0.15, 0.2) is 0 Å². The molecule has 6 N–H and O–H groups in total. The van der Waals surface area contributed by atoms with E-state index in [0.717, 1.165) is 0 Å². The summed E-state index contributed by atoms with van der Waals surface area (Å²) in [6.45, 7) is 0. The van der Waals surface area contributed by atoms with E-state index in [1.54, 1.807) is 0 Å². The summed E-state index contributed by atoms with van der Waals surface area (Å²) in [6, 6.07) is 0. The molecule has 0 heterocycles. The van der Waals surface area contributed by atoms with Crippen molar-refractivity contribution in [2.24, 2.45) is 0 Å².